The molecule has 112 valence electrons. The van der Waals surface area contributed by atoms with Crippen LogP contribution in [-0.4, -0.2) is 12.6 Å². The molecule has 1 aliphatic rings. The summed E-state index contributed by atoms with van der Waals surface area (Å²) in [5.41, 5.74) is 3.12. The number of benzene rings is 1. The summed E-state index contributed by atoms with van der Waals surface area (Å²) in [7, 11) is 0. The standard InChI is InChI=1S/C18H22BrNS/c1-2-20-17(12-16-9-10-18(19)21-16)15-8-7-13-5-3-4-6-14(13)11-15/h3-6,9-10,15,17,20H,2,7-8,11-12H2,1H3. The lowest BCUT2D eigenvalue weighted by molar-refractivity contribution is 0.323. The van der Waals surface area contributed by atoms with Crippen molar-refractivity contribution in [2.75, 3.05) is 6.54 Å². The number of nitrogens with one attached hydrogen (secondary N) is 1. The van der Waals surface area contributed by atoms with Crippen LogP contribution in [0.15, 0.2) is 40.2 Å². The number of rotatable bonds is 5. The number of hydrogen-bond acceptors (Lipinski definition) is 2. The summed E-state index contributed by atoms with van der Waals surface area (Å²) in [6, 6.07) is 14.0. The summed E-state index contributed by atoms with van der Waals surface area (Å²) < 4.78 is 1.24. The summed E-state index contributed by atoms with van der Waals surface area (Å²) in [6.45, 7) is 3.27. The Balaban J connectivity index is 1.72. The Morgan fingerprint density at radius 2 is 2.05 bits per heavy atom. The predicted molar refractivity (Wildman–Crippen MR) is 95.1 cm³/mol. The topological polar surface area (TPSA) is 12.0 Å². The molecule has 2 unspecified atom stereocenters. The van der Waals surface area contributed by atoms with Crippen LogP contribution in [0.2, 0.25) is 0 Å². The van der Waals surface area contributed by atoms with Gasteiger partial charge in [0.05, 0.1) is 3.79 Å². The highest BCUT2D eigenvalue weighted by Crippen LogP contribution is 2.30. The van der Waals surface area contributed by atoms with Gasteiger partial charge >= 0.3 is 0 Å². The van der Waals surface area contributed by atoms with Gasteiger partial charge in [0.2, 0.25) is 0 Å². The molecule has 3 rings (SSSR count). The van der Waals surface area contributed by atoms with Gasteiger partial charge in [-0.25, -0.2) is 0 Å². The lowest BCUT2D eigenvalue weighted by Gasteiger charge is -2.32. The predicted octanol–water partition coefficient (Wildman–Crippen LogP) is 4.84. The van der Waals surface area contributed by atoms with E-state index >= 15 is 0 Å². The van der Waals surface area contributed by atoms with Crippen LogP contribution in [-0.2, 0) is 19.3 Å². The Bertz CT molecular complexity index is 592. The fourth-order valence-corrected chi connectivity index (χ4v) is 4.96. The van der Waals surface area contributed by atoms with Gasteiger partial charge in [0.15, 0.2) is 0 Å². The fraction of sp³-hybridized carbons (Fsp3) is 0.444. The maximum atomic E-state index is 3.73. The molecule has 1 aliphatic carbocycles. The van der Waals surface area contributed by atoms with E-state index in [1.807, 2.05) is 11.3 Å². The Morgan fingerprint density at radius 3 is 2.76 bits per heavy atom. The third-order valence-electron chi connectivity index (χ3n) is 4.47. The van der Waals surface area contributed by atoms with Crippen LogP contribution in [0.25, 0.3) is 0 Å². The van der Waals surface area contributed by atoms with Crippen molar-refractivity contribution in [1.82, 2.24) is 5.32 Å². The summed E-state index contributed by atoms with van der Waals surface area (Å²) >= 11 is 5.44. The molecule has 3 heteroatoms. The van der Waals surface area contributed by atoms with Crippen molar-refractivity contribution >= 4 is 27.3 Å². The third-order valence-corrected chi connectivity index (χ3v) is 6.12. The Morgan fingerprint density at radius 1 is 1.24 bits per heavy atom. The van der Waals surface area contributed by atoms with Gasteiger partial charge < -0.3 is 5.32 Å². The number of hydrogen-bond donors (Lipinski definition) is 1. The minimum Gasteiger partial charge on any atom is -0.314 e. The van der Waals surface area contributed by atoms with E-state index in [1.54, 1.807) is 11.1 Å². The first-order valence-electron chi connectivity index (χ1n) is 7.80. The quantitative estimate of drug-likeness (QED) is 0.801. The summed E-state index contributed by atoms with van der Waals surface area (Å²) in [6.07, 6.45) is 4.91. The lowest BCUT2D eigenvalue weighted by atomic mass is 9.79. The molecule has 0 aliphatic heterocycles. The fourth-order valence-electron chi connectivity index (χ4n) is 3.42. The average Bonchev–Trinajstić information content (AvgIpc) is 2.91. The van der Waals surface area contributed by atoms with Gasteiger partial charge in [-0.3, -0.25) is 0 Å². The highest BCUT2D eigenvalue weighted by Gasteiger charge is 2.26. The normalized spacial score (nSPS) is 19.2. The lowest BCUT2D eigenvalue weighted by Crippen LogP contribution is -2.40. The molecule has 0 saturated heterocycles. The van der Waals surface area contributed by atoms with Crippen LogP contribution in [0.3, 0.4) is 0 Å². The van der Waals surface area contributed by atoms with E-state index in [4.69, 9.17) is 0 Å². The molecule has 2 aromatic rings. The number of halogens is 1. The molecule has 1 heterocycles. The number of aryl methyl sites for hydroxylation is 1. The van der Waals surface area contributed by atoms with Crippen LogP contribution >= 0.6 is 27.3 Å². The van der Waals surface area contributed by atoms with Gasteiger partial charge in [-0.15, -0.1) is 11.3 Å². The maximum Gasteiger partial charge on any atom is 0.0701 e. The van der Waals surface area contributed by atoms with E-state index in [0.29, 0.717) is 6.04 Å². The van der Waals surface area contributed by atoms with Crippen LogP contribution < -0.4 is 5.32 Å². The van der Waals surface area contributed by atoms with E-state index in [2.05, 4.69) is 64.6 Å². The monoisotopic (exact) mass is 363 g/mol. The van der Waals surface area contributed by atoms with E-state index in [0.717, 1.165) is 18.9 Å². The van der Waals surface area contributed by atoms with E-state index < -0.39 is 0 Å². The van der Waals surface area contributed by atoms with Crippen molar-refractivity contribution in [3.63, 3.8) is 0 Å². The van der Waals surface area contributed by atoms with Crippen molar-refractivity contribution in [2.45, 2.75) is 38.6 Å². The maximum absolute atomic E-state index is 3.73. The van der Waals surface area contributed by atoms with Crippen LogP contribution in [0, 0.1) is 5.92 Å². The molecule has 0 bridgehead atoms. The zero-order valence-electron chi connectivity index (χ0n) is 12.4. The molecular weight excluding hydrogens is 342 g/mol. The Labute approximate surface area is 139 Å². The summed E-state index contributed by atoms with van der Waals surface area (Å²) in [4.78, 5) is 1.48. The van der Waals surface area contributed by atoms with Gasteiger partial charge in [-0.1, -0.05) is 31.2 Å². The molecule has 1 nitrogen and oxygen atoms in total. The van der Waals surface area contributed by atoms with Gasteiger partial charge in [0.1, 0.15) is 0 Å². The van der Waals surface area contributed by atoms with Crippen molar-refractivity contribution in [3.8, 4) is 0 Å². The summed E-state index contributed by atoms with van der Waals surface area (Å²) in [5, 5.41) is 3.73. The Kier molecular flexibility index (Phi) is 5.15. The van der Waals surface area contributed by atoms with Gasteiger partial charge in [-0.2, -0.15) is 0 Å². The first kappa shape index (κ1) is 15.3. The second-order valence-corrected chi connectivity index (χ2v) is 8.39. The molecule has 0 spiro atoms. The minimum absolute atomic E-state index is 0.592. The molecule has 0 saturated carbocycles. The molecule has 0 amide bonds. The summed E-state index contributed by atoms with van der Waals surface area (Å²) in [5.74, 6) is 0.751. The molecule has 1 aromatic heterocycles. The number of thiophene rings is 1. The van der Waals surface area contributed by atoms with Crippen LogP contribution in [0.1, 0.15) is 29.3 Å². The van der Waals surface area contributed by atoms with Gasteiger partial charge in [-0.05, 0) is 77.3 Å². The molecule has 1 aromatic carbocycles. The Hall–Kier alpha value is -0.640. The molecule has 0 fully saturated rings. The minimum atomic E-state index is 0.592. The van der Waals surface area contributed by atoms with Crippen molar-refractivity contribution in [2.24, 2.45) is 5.92 Å². The van der Waals surface area contributed by atoms with Crippen molar-refractivity contribution in [1.29, 1.82) is 0 Å². The van der Waals surface area contributed by atoms with E-state index in [9.17, 15) is 0 Å². The second kappa shape index (κ2) is 7.08. The molecule has 1 N–H and O–H groups in total. The van der Waals surface area contributed by atoms with Crippen molar-refractivity contribution < 1.29 is 0 Å². The van der Waals surface area contributed by atoms with E-state index in [-0.39, 0.29) is 0 Å². The second-order valence-electron chi connectivity index (χ2n) is 5.85. The first-order valence-corrected chi connectivity index (χ1v) is 9.41. The van der Waals surface area contributed by atoms with Gasteiger partial charge in [0.25, 0.3) is 0 Å². The van der Waals surface area contributed by atoms with Gasteiger partial charge in [0, 0.05) is 10.9 Å². The zero-order chi connectivity index (χ0) is 14.7. The van der Waals surface area contributed by atoms with Crippen LogP contribution in [0.5, 0.6) is 0 Å². The molecule has 2 atom stereocenters. The first-order chi connectivity index (χ1) is 10.3. The van der Waals surface area contributed by atoms with E-state index in [1.165, 1.54) is 27.9 Å². The zero-order valence-corrected chi connectivity index (χ0v) is 14.8. The van der Waals surface area contributed by atoms with Crippen LogP contribution in [0.4, 0.5) is 0 Å². The van der Waals surface area contributed by atoms with Crippen molar-refractivity contribution in [3.05, 3.63) is 56.2 Å². The number of fused-ring (bicyclic) bond motifs is 1. The molecular formula is C18H22BrNS. The molecule has 21 heavy (non-hydrogen) atoms. The highest BCUT2D eigenvalue weighted by molar-refractivity contribution is 9.11. The highest BCUT2D eigenvalue weighted by atomic mass is 79.9. The largest absolute Gasteiger partial charge is 0.314 e. The number of likely N-dealkylation sites (N-methyl/N-ethyl adjacent to an activating group) is 1. The smallest absolute Gasteiger partial charge is 0.0701 e. The average molecular weight is 364 g/mol. The molecule has 0 radical (unpaired) electrons. The third kappa shape index (κ3) is 3.77. The SMILES string of the molecule is CCNC(Cc1ccc(Br)s1)C1CCc2ccccc2C1.